The number of nitrogens with zero attached hydrogens (tertiary/aromatic N) is 1. The molecule has 1 aromatic rings. The molecule has 0 saturated heterocycles. The van der Waals surface area contributed by atoms with E-state index < -0.39 is 0 Å². The molecule has 0 amide bonds. The van der Waals surface area contributed by atoms with Crippen molar-refractivity contribution in [1.29, 1.82) is 0 Å². The molecule has 0 N–H and O–H groups in total. The van der Waals surface area contributed by atoms with Crippen molar-refractivity contribution < 1.29 is 9.53 Å². The van der Waals surface area contributed by atoms with Crippen LogP contribution in [0.25, 0.3) is 5.57 Å². The maximum absolute atomic E-state index is 11.5. The molecular formula is C35H55NO2. The fourth-order valence-corrected chi connectivity index (χ4v) is 5.49. The number of hydrogen-bond donors (Lipinski definition) is 0. The van der Waals surface area contributed by atoms with Crippen LogP contribution in [0.2, 0.25) is 0 Å². The lowest BCUT2D eigenvalue weighted by Gasteiger charge is -2.42. The van der Waals surface area contributed by atoms with Crippen molar-refractivity contribution in [2.75, 3.05) is 26.2 Å². The summed E-state index contributed by atoms with van der Waals surface area (Å²) in [5, 5.41) is 0. The van der Waals surface area contributed by atoms with Crippen molar-refractivity contribution in [3.05, 3.63) is 65.3 Å². The second-order valence-corrected chi connectivity index (χ2v) is 12.8. The van der Waals surface area contributed by atoms with Gasteiger partial charge >= 0.3 is 5.97 Å². The molecule has 2 aliphatic rings. The third-order valence-corrected chi connectivity index (χ3v) is 8.03. The van der Waals surface area contributed by atoms with Gasteiger partial charge in [-0.2, -0.15) is 0 Å². The van der Waals surface area contributed by atoms with E-state index in [0.29, 0.717) is 12.5 Å². The molecule has 0 aliphatic heterocycles. The summed E-state index contributed by atoms with van der Waals surface area (Å²) in [7, 11) is 0. The van der Waals surface area contributed by atoms with Crippen LogP contribution in [0.4, 0.5) is 0 Å². The number of fused-ring (bicyclic) bond motifs is 1. The Balaban J connectivity index is 0.000000281. The Labute approximate surface area is 234 Å². The SMILES string of the molecule is C=C(/C=C\C=C(C)C)c1ccc2c(c1)C(C)(C)CCC2(C)C.CCCN(CCC)CC1CC1C(=O)OCC. The quantitative estimate of drug-likeness (QED) is 0.215. The summed E-state index contributed by atoms with van der Waals surface area (Å²) in [6.45, 7) is 28.1. The Morgan fingerprint density at radius 2 is 1.63 bits per heavy atom. The fraction of sp³-hybridized carbons (Fsp3) is 0.629. The first-order chi connectivity index (χ1) is 17.9. The number of allylic oxidation sites excluding steroid dienone is 5. The molecule has 0 spiro atoms. The zero-order valence-electron chi connectivity index (χ0n) is 26.0. The molecule has 0 aromatic heterocycles. The minimum atomic E-state index is 0.0143. The van der Waals surface area contributed by atoms with E-state index in [9.17, 15) is 4.79 Å². The molecule has 1 aromatic carbocycles. The number of carbonyl (C=O) groups is 1. The molecule has 0 bridgehead atoms. The topological polar surface area (TPSA) is 29.5 Å². The number of hydrogen-bond acceptors (Lipinski definition) is 3. The Morgan fingerprint density at radius 1 is 1.03 bits per heavy atom. The van der Waals surface area contributed by atoms with Gasteiger partial charge in [-0.15, -0.1) is 0 Å². The van der Waals surface area contributed by atoms with E-state index >= 15 is 0 Å². The van der Waals surface area contributed by atoms with Crippen molar-refractivity contribution >= 4 is 11.5 Å². The van der Waals surface area contributed by atoms with E-state index in [4.69, 9.17) is 4.74 Å². The first-order valence-corrected chi connectivity index (χ1v) is 14.9. The van der Waals surface area contributed by atoms with Gasteiger partial charge in [0.05, 0.1) is 12.5 Å². The summed E-state index contributed by atoms with van der Waals surface area (Å²) in [5.74, 6) is 0.758. The summed E-state index contributed by atoms with van der Waals surface area (Å²) in [5.41, 5.74) is 7.17. The van der Waals surface area contributed by atoms with Crippen LogP contribution in [-0.4, -0.2) is 37.1 Å². The van der Waals surface area contributed by atoms with Gasteiger partial charge in [-0.25, -0.2) is 0 Å². The Hall–Kier alpha value is -2.13. The largest absolute Gasteiger partial charge is 0.466 e. The van der Waals surface area contributed by atoms with Crippen LogP contribution < -0.4 is 0 Å². The zero-order valence-corrected chi connectivity index (χ0v) is 26.0. The highest BCUT2D eigenvalue weighted by molar-refractivity contribution is 5.75. The van der Waals surface area contributed by atoms with Crippen molar-refractivity contribution in [3.63, 3.8) is 0 Å². The van der Waals surface area contributed by atoms with E-state index in [2.05, 4.69) is 103 Å². The standard InChI is InChI=1S/C22H30.C13H25NO2/c1-16(2)9-8-10-17(3)18-11-12-19-20(15-18)22(6,7)14-13-21(19,4)5;1-4-7-14(8-5-2)10-11-9-12(11)13(15)16-6-3/h8-12,15H,3,13-14H2,1-2,4-7H3;11-12H,4-10H2,1-3H3/b10-8-;. The molecule has 1 saturated carbocycles. The Kier molecular flexibility index (Phi) is 12.1. The van der Waals surface area contributed by atoms with Crippen molar-refractivity contribution in [1.82, 2.24) is 4.90 Å². The van der Waals surface area contributed by atoms with Crippen LogP contribution in [0, 0.1) is 11.8 Å². The minimum Gasteiger partial charge on any atom is -0.466 e. The minimum absolute atomic E-state index is 0.0143. The summed E-state index contributed by atoms with van der Waals surface area (Å²) < 4.78 is 5.04. The van der Waals surface area contributed by atoms with Crippen molar-refractivity contribution in [2.24, 2.45) is 11.8 Å². The van der Waals surface area contributed by atoms with Gasteiger partial charge in [0.25, 0.3) is 0 Å². The number of esters is 1. The van der Waals surface area contributed by atoms with Crippen LogP contribution in [0.1, 0.15) is 111 Å². The van der Waals surface area contributed by atoms with Crippen LogP contribution in [-0.2, 0) is 20.4 Å². The normalized spacial score (nSPS) is 20.8. The Bertz CT molecular complexity index is 987. The van der Waals surface area contributed by atoms with Crippen LogP contribution in [0.15, 0.2) is 48.6 Å². The molecule has 2 unspecified atom stereocenters. The predicted octanol–water partition coefficient (Wildman–Crippen LogP) is 8.88. The molecule has 3 heteroatoms. The van der Waals surface area contributed by atoms with Gasteiger partial charge in [0.1, 0.15) is 0 Å². The van der Waals surface area contributed by atoms with Gasteiger partial charge in [-0.1, -0.05) is 90.1 Å². The molecule has 0 heterocycles. The highest BCUT2D eigenvalue weighted by Crippen LogP contribution is 2.46. The lowest BCUT2D eigenvalue weighted by molar-refractivity contribution is -0.145. The van der Waals surface area contributed by atoms with Crippen LogP contribution >= 0.6 is 0 Å². The highest BCUT2D eigenvalue weighted by Gasteiger charge is 2.44. The van der Waals surface area contributed by atoms with E-state index in [0.717, 1.165) is 31.6 Å². The third kappa shape index (κ3) is 9.26. The first-order valence-electron chi connectivity index (χ1n) is 14.9. The van der Waals surface area contributed by atoms with Gasteiger partial charge < -0.3 is 9.64 Å². The van der Waals surface area contributed by atoms with Gasteiger partial charge in [0, 0.05) is 6.54 Å². The molecule has 0 radical (unpaired) electrons. The molecule has 2 atom stereocenters. The summed E-state index contributed by atoms with van der Waals surface area (Å²) in [6.07, 6.45) is 12.2. The van der Waals surface area contributed by atoms with E-state index in [-0.39, 0.29) is 22.7 Å². The molecule has 1 fully saturated rings. The Morgan fingerprint density at radius 3 is 2.18 bits per heavy atom. The van der Waals surface area contributed by atoms with Crippen molar-refractivity contribution in [2.45, 2.75) is 105 Å². The average Bonchev–Trinajstić information content (AvgIpc) is 3.62. The highest BCUT2D eigenvalue weighted by atomic mass is 16.5. The van der Waals surface area contributed by atoms with Gasteiger partial charge in [-0.05, 0) is 105 Å². The van der Waals surface area contributed by atoms with Gasteiger partial charge in [0.15, 0.2) is 0 Å². The number of benzene rings is 1. The first kappa shape index (κ1) is 32.1. The number of ether oxygens (including phenoxy) is 1. The van der Waals surface area contributed by atoms with E-state index in [1.54, 1.807) is 0 Å². The van der Waals surface area contributed by atoms with Crippen LogP contribution in [0.5, 0.6) is 0 Å². The van der Waals surface area contributed by atoms with Crippen molar-refractivity contribution in [3.8, 4) is 0 Å². The fourth-order valence-electron chi connectivity index (χ4n) is 5.49. The summed E-state index contributed by atoms with van der Waals surface area (Å²) in [4.78, 5) is 13.9. The third-order valence-electron chi connectivity index (χ3n) is 8.03. The van der Waals surface area contributed by atoms with E-state index in [1.165, 1.54) is 47.9 Å². The second kappa shape index (κ2) is 14.3. The zero-order chi connectivity index (χ0) is 28.5. The lowest BCUT2D eigenvalue weighted by atomic mass is 9.63. The average molecular weight is 522 g/mol. The maximum Gasteiger partial charge on any atom is 0.309 e. The van der Waals surface area contributed by atoms with Crippen LogP contribution in [0.3, 0.4) is 0 Å². The monoisotopic (exact) mass is 521 g/mol. The predicted molar refractivity (Wildman–Crippen MR) is 165 cm³/mol. The lowest BCUT2D eigenvalue weighted by Crippen LogP contribution is -2.33. The molecular weight excluding hydrogens is 466 g/mol. The smallest absolute Gasteiger partial charge is 0.309 e. The summed E-state index contributed by atoms with van der Waals surface area (Å²) in [6, 6.07) is 6.92. The van der Waals surface area contributed by atoms with E-state index in [1.807, 2.05) is 6.92 Å². The number of carbonyl (C=O) groups excluding carboxylic acids is 1. The maximum atomic E-state index is 11.5. The second-order valence-electron chi connectivity index (χ2n) is 12.8. The molecule has 38 heavy (non-hydrogen) atoms. The summed E-state index contributed by atoms with van der Waals surface area (Å²) >= 11 is 0. The van der Waals surface area contributed by atoms with Gasteiger partial charge in [-0.3, -0.25) is 4.79 Å². The molecule has 212 valence electrons. The molecule has 3 rings (SSSR count). The molecule has 3 nitrogen and oxygen atoms in total. The molecule has 2 aliphatic carbocycles. The van der Waals surface area contributed by atoms with Gasteiger partial charge in [0.2, 0.25) is 0 Å². The number of rotatable bonds is 11.